The molecule has 0 aliphatic heterocycles. The summed E-state index contributed by atoms with van der Waals surface area (Å²) in [5.41, 5.74) is 7.23. The highest BCUT2D eigenvalue weighted by molar-refractivity contribution is 9.10. The van der Waals surface area contributed by atoms with Gasteiger partial charge in [-0.15, -0.1) is 0 Å². The van der Waals surface area contributed by atoms with Crippen molar-refractivity contribution in [3.63, 3.8) is 0 Å². The molecule has 0 bridgehead atoms. The van der Waals surface area contributed by atoms with Crippen LogP contribution in [0.1, 0.15) is 38.3 Å². The predicted molar refractivity (Wildman–Crippen MR) is 78.3 cm³/mol. The Kier molecular flexibility index (Phi) is 4.76. The van der Waals surface area contributed by atoms with Gasteiger partial charge in [-0.1, -0.05) is 13.8 Å². The van der Waals surface area contributed by atoms with Gasteiger partial charge in [-0.25, -0.2) is 0 Å². The molecule has 18 heavy (non-hydrogen) atoms. The van der Waals surface area contributed by atoms with E-state index in [-0.39, 0.29) is 0 Å². The summed E-state index contributed by atoms with van der Waals surface area (Å²) >= 11 is 3.49. The SMILES string of the molecule is CC(C)CN(C1CC1)C(CN)c1cncc(Br)c1. The van der Waals surface area contributed by atoms with Gasteiger partial charge in [0.05, 0.1) is 0 Å². The van der Waals surface area contributed by atoms with Crippen molar-refractivity contribution in [3.8, 4) is 0 Å². The van der Waals surface area contributed by atoms with Crippen LogP contribution in [-0.2, 0) is 0 Å². The highest BCUT2D eigenvalue weighted by Crippen LogP contribution is 2.34. The third kappa shape index (κ3) is 3.53. The zero-order valence-corrected chi connectivity index (χ0v) is 12.7. The van der Waals surface area contributed by atoms with Crippen LogP contribution in [0.2, 0.25) is 0 Å². The molecule has 0 saturated heterocycles. The topological polar surface area (TPSA) is 42.1 Å². The number of hydrogen-bond acceptors (Lipinski definition) is 3. The van der Waals surface area contributed by atoms with Gasteiger partial charge < -0.3 is 5.73 Å². The van der Waals surface area contributed by atoms with Crippen molar-refractivity contribution >= 4 is 15.9 Å². The molecule has 4 heteroatoms. The van der Waals surface area contributed by atoms with Crippen LogP contribution in [-0.4, -0.2) is 29.0 Å². The zero-order chi connectivity index (χ0) is 13.1. The van der Waals surface area contributed by atoms with Crippen LogP contribution >= 0.6 is 15.9 Å². The summed E-state index contributed by atoms with van der Waals surface area (Å²) in [5.74, 6) is 0.666. The lowest BCUT2D eigenvalue weighted by Crippen LogP contribution is -2.38. The van der Waals surface area contributed by atoms with Gasteiger partial charge >= 0.3 is 0 Å². The van der Waals surface area contributed by atoms with Crippen LogP contribution in [0.15, 0.2) is 22.9 Å². The van der Waals surface area contributed by atoms with Crippen molar-refractivity contribution in [2.45, 2.75) is 38.8 Å². The third-order valence-corrected chi connectivity index (χ3v) is 3.76. The number of halogens is 1. The van der Waals surface area contributed by atoms with E-state index in [1.54, 1.807) is 0 Å². The van der Waals surface area contributed by atoms with E-state index in [9.17, 15) is 0 Å². The second kappa shape index (κ2) is 6.13. The number of nitrogens with zero attached hydrogens (tertiary/aromatic N) is 2. The minimum atomic E-state index is 0.296. The van der Waals surface area contributed by atoms with Crippen molar-refractivity contribution in [2.24, 2.45) is 11.7 Å². The van der Waals surface area contributed by atoms with Crippen LogP contribution in [0.25, 0.3) is 0 Å². The first kappa shape index (κ1) is 14.0. The molecular formula is C14H22BrN3. The van der Waals surface area contributed by atoms with Crippen LogP contribution in [0.5, 0.6) is 0 Å². The monoisotopic (exact) mass is 311 g/mol. The van der Waals surface area contributed by atoms with Gasteiger partial charge in [0.25, 0.3) is 0 Å². The van der Waals surface area contributed by atoms with Crippen molar-refractivity contribution in [2.75, 3.05) is 13.1 Å². The van der Waals surface area contributed by atoms with E-state index in [1.807, 2.05) is 12.4 Å². The standard InChI is InChI=1S/C14H22BrN3/c1-10(2)9-18(13-3-4-13)14(6-16)11-5-12(15)8-17-7-11/h5,7-8,10,13-14H,3-4,6,9,16H2,1-2H3. The lowest BCUT2D eigenvalue weighted by atomic mass is 10.1. The van der Waals surface area contributed by atoms with E-state index in [4.69, 9.17) is 5.73 Å². The lowest BCUT2D eigenvalue weighted by molar-refractivity contribution is 0.169. The fourth-order valence-electron chi connectivity index (χ4n) is 2.43. The van der Waals surface area contributed by atoms with Gasteiger partial charge in [0, 0.05) is 42.0 Å². The van der Waals surface area contributed by atoms with E-state index in [1.165, 1.54) is 18.4 Å². The molecular weight excluding hydrogens is 290 g/mol. The Bertz CT molecular complexity index is 390. The molecule has 1 unspecified atom stereocenters. The second-order valence-corrected chi connectivity index (χ2v) is 6.43. The van der Waals surface area contributed by atoms with E-state index >= 15 is 0 Å². The first-order valence-corrected chi connectivity index (χ1v) is 7.47. The molecule has 1 fully saturated rings. The second-order valence-electron chi connectivity index (χ2n) is 5.51. The summed E-state index contributed by atoms with van der Waals surface area (Å²) in [7, 11) is 0. The summed E-state index contributed by atoms with van der Waals surface area (Å²) in [6, 6.07) is 3.16. The highest BCUT2D eigenvalue weighted by Gasteiger charge is 2.34. The average molecular weight is 312 g/mol. The van der Waals surface area contributed by atoms with Crippen LogP contribution in [0.3, 0.4) is 0 Å². The Hall–Kier alpha value is -0.450. The molecule has 0 amide bonds. The maximum Gasteiger partial charge on any atom is 0.0489 e. The normalized spacial score (nSPS) is 17.4. The fraction of sp³-hybridized carbons (Fsp3) is 0.643. The molecule has 1 aromatic heterocycles. The predicted octanol–water partition coefficient (Wildman–Crippen LogP) is 2.96. The number of pyridine rings is 1. The Balaban J connectivity index is 2.19. The van der Waals surface area contributed by atoms with Gasteiger partial charge in [0.2, 0.25) is 0 Å². The quantitative estimate of drug-likeness (QED) is 0.878. The molecule has 1 aromatic rings. The summed E-state index contributed by atoms with van der Waals surface area (Å²) in [4.78, 5) is 6.83. The van der Waals surface area contributed by atoms with Crippen molar-refractivity contribution in [1.82, 2.24) is 9.88 Å². The van der Waals surface area contributed by atoms with Crippen molar-refractivity contribution < 1.29 is 0 Å². The molecule has 1 heterocycles. The molecule has 100 valence electrons. The zero-order valence-electron chi connectivity index (χ0n) is 11.1. The van der Waals surface area contributed by atoms with Gasteiger partial charge in [-0.3, -0.25) is 9.88 Å². The van der Waals surface area contributed by atoms with Crippen molar-refractivity contribution in [1.29, 1.82) is 0 Å². The summed E-state index contributed by atoms with van der Waals surface area (Å²) < 4.78 is 1.03. The minimum absolute atomic E-state index is 0.296. The molecule has 0 radical (unpaired) electrons. The number of nitrogens with two attached hydrogens (primary N) is 1. The number of aromatic nitrogens is 1. The maximum absolute atomic E-state index is 6.01. The van der Waals surface area contributed by atoms with Gasteiger partial charge in [-0.05, 0) is 46.3 Å². The smallest absolute Gasteiger partial charge is 0.0489 e. The molecule has 1 atom stereocenters. The van der Waals surface area contributed by atoms with E-state index < -0.39 is 0 Å². The van der Waals surface area contributed by atoms with E-state index in [2.05, 4.69) is 45.7 Å². The number of rotatable bonds is 6. The van der Waals surface area contributed by atoms with Gasteiger partial charge in [0.1, 0.15) is 0 Å². The molecule has 0 aromatic carbocycles. The average Bonchev–Trinajstić information content (AvgIpc) is 3.12. The highest BCUT2D eigenvalue weighted by atomic mass is 79.9. The largest absolute Gasteiger partial charge is 0.329 e. The van der Waals surface area contributed by atoms with Crippen LogP contribution < -0.4 is 5.73 Å². The summed E-state index contributed by atoms with van der Waals surface area (Å²) in [6.45, 7) is 6.30. The number of hydrogen-bond donors (Lipinski definition) is 1. The Labute approximate surface area is 118 Å². The van der Waals surface area contributed by atoms with Crippen molar-refractivity contribution in [3.05, 3.63) is 28.5 Å². The Morgan fingerprint density at radius 1 is 1.44 bits per heavy atom. The summed E-state index contributed by atoms with van der Waals surface area (Å²) in [6.07, 6.45) is 6.38. The first-order valence-electron chi connectivity index (χ1n) is 6.68. The Morgan fingerprint density at radius 3 is 2.67 bits per heavy atom. The molecule has 1 aliphatic rings. The summed E-state index contributed by atoms with van der Waals surface area (Å²) in [5, 5.41) is 0. The molecule has 2 N–H and O–H groups in total. The molecule has 1 aliphatic carbocycles. The Morgan fingerprint density at radius 2 is 2.17 bits per heavy atom. The molecule has 2 rings (SSSR count). The van der Waals surface area contributed by atoms with E-state index in [0.29, 0.717) is 18.5 Å². The fourth-order valence-corrected chi connectivity index (χ4v) is 2.81. The van der Waals surface area contributed by atoms with Crippen LogP contribution in [0, 0.1) is 5.92 Å². The van der Waals surface area contributed by atoms with Gasteiger partial charge in [-0.2, -0.15) is 0 Å². The lowest BCUT2D eigenvalue weighted by Gasteiger charge is -2.32. The molecule has 0 spiro atoms. The van der Waals surface area contributed by atoms with Crippen LogP contribution in [0.4, 0.5) is 0 Å². The molecule has 3 nitrogen and oxygen atoms in total. The third-order valence-electron chi connectivity index (χ3n) is 3.33. The molecule has 1 saturated carbocycles. The maximum atomic E-state index is 6.01. The first-order chi connectivity index (χ1) is 8.61. The van der Waals surface area contributed by atoms with E-state index in [0.717, 1.165) is 17.1 Å². The van der Waals surface area contributed by atoms with Gasteiger partial charge in [0.15, 0.2) is 0 Å². The minimum Gasteiger partial charge on any atom is -0.329 e.